The summed E-state index contributed by atoms with van der Waals surface area (Å²) in [5.74, 6) is -0.401. The molecule has 0 spiro atoms. The number of anilines is 2. The largest absolute Gasteiger partial charge is 0.462 e. The summed E-state index contributed by atoms with van der Waals surface area (Å²) < 4.78 is 6.91. The number of aryl methyl sites for hydroxylation is 1. The fourth-order valence-corrected chi connectivity index (χ4v) is 5.94. The number of hydrogen-bond acceptors (Lipinski definition) is 8. The van der Waals surface area contributed by atoms with Crippen molar-refractivity contribution in [2.75, 3.05) is 17.7 Å². The molecule has 172 valence electrons. The first-order chi connectivity index (χ1) is 15.4. The van der Waals surface area contributed by atoms with Crippen molar-refractivity contribution in [3.8, 4) is 0 Å². The minimum atomic E-state index is -0.533. The highest BCUT2D eigenvalue weighted by Crippen LogP contribution is 2.39. The molecule has 1 aliphatic rings. The van der Waals surface area contributed by atoms with Crippen molar-refractivity contribution >= 4 is 45.8 Å². The molecular weight excluding hydrogens is 448 g/mol. The molecule has 32 heavy (non-hydrogen) atoms. The molecule has 0 aromatic carbocycles. The van der Waals surface area contributed by atoms with Gasteiger partial charge in [0.05, 0.1) is 17.4 Å². The minimum Gasteiger partial charge on any atom is -0.462 e. The maximum Gasteiger partial charge on any atom is 0.341 e. The molecule has 1 amide bonds. The van der Waals surface area contributed by atoms with Gasteiger partial charge in [-0.05, 0) is 44.6 Å². The maximum atomic E-state index is 13.2. The molecule has 10 heteroatoms. The molecule has 3 N–H and O–H groups in total. The van der Waals surface area contributed by atoms with Gasteiger partial charge in [-0.3, -0.25) is 9.59 Å². The molecule has 0 unspecified atom stereocenters. The van der Waals surface area contributed by atoms with Crippen LogP contribution in [0.2, 0.25) is 0 Å². The number of thioether (sulfide) groups is 1. The van der Waals surface area contributed by atoms with Gasteiger partial charge in [-0.25, -0.2) is 4.79 Å². The summed E-state index contributed by atoms with van der Waals surface area (Å²) in [5.41, 5.74) is 6.98. The van der Waals surface area contributed by atoms with Crippen LogP contribution in [0.15, 0.2) is 28.7 Å². The van der Waals surface area contributed by atoms with Crippen molar-refractivity contribution in [2.24, 2.45) is 0 Å². The molecule has 2 aromatic heterocycles. The summed E-state index contributed by atoms with van der Waals surface area (Å²) in [6.07, 6.45) is 5.93. The summed E-state index contributed by atoms with van der Waals surface area (Å²) in [6.45, 7) is 7.99. The van der Waals surface area contributed by atoms with E-state index in [1.54, 1.807) is 17.6 Å². The van der Waals surface area contributed by atoms with Crippen molar-refractivity contribution < 1.29 is 14.3 Å². The molecule has 2 heterocycles. The van der Waals surface area contributed by atoms with Gasteiger partial charge in [0.2, 0.25) is 5.91 Å². The number of amides is 1. The van der Waals surface area contributed by atoms with Crippen molar-refractivity contribution in [3.05, 3.63) is 45.1 Å². The van der Waals surface area contributed by atoms with Crippen LogP contribution in [0.25, 0.3) is 0 Å². The molecule has 2 aromatic rings. The fourth-order valence-electron chi connectivity index (χ4n) is 3.62. The smallest absolute Gasteiger partial charge is 0.341 e. The average Bonchev–Trinajstić information content (AvgIpc) is 3.12. The van der Waals surface area contributed by atoms with Crippen LogP contribution in [0.4, 0.5) is 10.8 Å². The van der Waals surface area contributed by atoms with Crippen molar-refractivity contribution in [2.45, 2.75) is 62.9 Å². The second-order valence-corrected chi connectivity index (χ2v) is 9.62. The topological polar surface area (TPSA) is 116 Å². The first kappa shape index (κ1) is 24.1. The lowest BCUT2D eigenvalue weighted by molar-refractivity contribution is -0.115. The predicted octanol–water partition coefficient (Wildman–Crippen LogP) is 3.64. The van der Waals surface area contributed by atoms with E-state index in [1.165, 1.54) is 29.2 Å². The standard InChI is InChI=1S/C22H28N4O4S2/c1-4-11-26-16(23)12-17(27)24-22(26)32-14(5-2)19(28)25-20-18(21(29)30-6-3)13-9-7-8-10-15(13)31-20/h4,12,14H,1,5-11,23H2,2-3H3,(H,25,28)/t14-/m1/s1. The molecule has 1 aliphatic carbocycles. The summed E-state index contributed by atoms with van der Waals surface area (Å²) in [6, 6.07) is 1.25. The zero-order valence-electron chi connectivity index (χ0n) is 18.3. The van der Waals surface area contributed by atoms with Crippen molar-refractivity contribution in [1.82, 2.24) is 9.55 Å². The van der Waals surface area contributed by atoms with Crippen molar-refractivity contribution in [3.63, 3.8) is 0 Å². The van der Waals surface area contributed by atoms with E-state index in [4.69, 9.17) is 10.5 Å². The monoisotopic (exact) mass is 476 g/mol. The van der Waals surface area contributed by atoms with Gasteiger partial charge in [0.1, 0.15) is 10.8 Å². The summed E-state index contributed by atoms with van der Waals surface area (Å²) in [5, 5.41) is 3.30. The molecule has 1 atom stereocenters. The zero-order chi connectivity index (χ0) is 23.3. The molecular formula is C22H28N4O4S2. The van der Waals surface area contributed by atoms with E-state index >= 15 is 0 Å². The van der Waals surface area contributed by atoms with E-state index < -0.39 is 16.8 Å². The lowest BCUT2D eigenvalue weighted by Gasteiger charge is -2.18. The lowest BCUT2D eigenvalue weighted by Crippen LogP contribution is -2.27. The molecule has 0 fully saturated rings. The van der Waals surface area contributed by atoms with Gasteiger partial charge in [-0.2, -0.15) is 4.98 Å². The molecule has 0 aliphatic heterocycles. The Morgan fingerprint density at radius 1 is 1.41 bits per heavy atom. The Morgan fingerprint density at radius 2 is 2.16 bits per heavy atom. The normalized spacial score (nSPS) is 13.8. The number of nitrogens with two attached hydrogens (primary N) is 1. The van der Waals surface area contributed by atoms with Gasteiger partial charge >= 0.3 is 5.97 Å². The van der Waals surface area contributed by atoms with E-state index in [1.807, 2.05) is 6.92 Å². The molecule has 0 bridgehead atoms. The number of fused-ring (bicyclic) bond motifs is 1. The van der Waals surface area contributed by atoms with Gasteiger partial charge in [0.25, 0.3) is 5.56 Å². The number of nitrogens with one attached hydrogen (secondary N) is 1. The molecule has 3 rings (SSSR count). The Labute approximate surface area is 195 Å². The number of nitrogen functional groups attached to an aromatic ring is 1. The fraction of sp³-hybridized carbons (Fsp3) is 0.455. The number of carbonyl (C=O) groups excluding carboxylic acids is 2. The highest BCUT2D eigenvalue weighted by atomic mass is 32.2. The molecule has 0 saturated heterocycles. The Balaban J connectivity index is 1.88. The number of nitrogens with zero attached hydrogens (tertiary/aromatic N) is 2. The Kier molecular flexibility index (Phi) is 8.14. The zero-order valence-corrected chi connectivity index (χ0v) is 19.9. The Morgan fingerprint density at radius 3 is 2.84 bits per heavy atom. The molecule has 0 radical (unpaired) electrons. The van der Waals surface area contributed by atoms with Gasteiger partial charge in [-0.15, -0.1) is 17.9 Å². The molecule has 8 nitrogen and oxygen atoms in total. The highest BCUT2D eigenvalue weighted by molar-refractivity contribution is 8.00. The second kappa shape index (κ2) is 10.8. The van der Waals surface area contributed by atoms with Crippen molar-refractivity contribution in [1.29, 1.82) is 0 Å². The van der Waals surface area contributed by atoms with E-state index in [0.29, 0.717) is 28.7 Å². The quantitative estimate of drug-likeness (QED) is 0.246. The number of allylic oxidation sites excluding steroid dienone is 1. The minimum absolute atomic E-state index is 0.261. The first-order valence-corrected chi connectivity index (χ1v) is 12.4. The van der Waals surface area contributed by atoms with Crippen LogP contribution in [0.1, 0.15) is 53.9 Å². The van der Waals surface area contributed by atoms with Crippen LogP contribution in [0.5, 0.6) is 0 Å². The summed E-state index contributed by atoms with van der Waals surface area (Å²) in [7, 11) is 0. The third-order valence-corrected chi connectivity index (χ3v) is 7.69. The number of ether oxygens (including phenoxy) is 1. The van der Waals surface area contributed by atoms with Crippen LogP contribution in [-0.2, 0) is 28.9 Å². The highest BCUT2D eigenvalue weighted by Gasteiger charge is 2.29. The van der Waals surface area contributed by atoms with E-state index in [2.05, 4.69) is 16.9 Å². The van der Waals surface area contributed by atoms with E-state index in [0.717, 1.165) is 36.1 Å². The molecule has 0 saturated carbocycles. The number of hydrogen-bond donors (Lipinski definition) is 2. The third kappa shape index (κ3) is 5.24. The van der Waals surface area contributed by atoms with Crippen LogP contribution >= 0.6 is 23.1 Å². The van der Waals surface area contributed by atoms with Gasteiger partial charge in [-0.1, -0.05) is 24.8 Å². The second-order valence-electron chi connectivity index (χ2n) is 7.34. The Hall–Kier alpha value is -2.59. The van der Waals surface area contributed by atoms with Crippen LogP contribution in [0.3, 0.4) is 0 Å². The predicted molar refractivity (Wildman–Crippen MR) is 129 cm³/mol. The SMILES string of the molecule is C=CCn1c(N)cc(=O)nc1S[C@H](CC)C(=O)Nc1sc2c(c1C(=O)OCC)CCCC2. The third-order valence-electron chi connectivity index (χ3n) is 5.13. The van der Waals surface area contributed by atoms with Gasteiger partial charge in [0.15, 0.2) is 5.16 Å². The Bertz CT molecular complexity index is 1080. The van der Waals surface area contributed by atoms with E-state index in [-0.39, 0.29) is 18.3 Å². The average molecular weight is 477 g/mol. The number of aromatic nitrogens is 2. The number of carbonyl (C=O) groups is 2. The first-order valence-electron chi connectivity index (χ1n) is 10.7. The van der Waals surface area contributed by atoms with Crippen LogP contribution < -0.4 is 16.6 Å². The number of esters is 1. The maximum absolute atomic E-state index is 13.2. The van der Waals surface area contributed by atoms with E-state index in [9.17, 15) is 14.4 Å². The van der Waals surface area contributed by atoms with Gasteiger partial charge < -0.3 is 20.4 Å². The van der Waals surface area contributed by atoms with Crippen LogP contribution in [-0.4, -0.2) is 33.3 Å². The number of rotatable bonds is 9. The number of thiophene rings is 1. The summed E-state index contributed by atoms with van der Waals surface area (Å²) in [4.78, 5) is 42.9. The summed E-state index contributed by atoms with van der Waals surface area (Å²) >= 11 is 2.62. The van der Waals surface area contributed by atoms with Gasteiger partial charge in [0, 0.05) is 17.5 Å². The lowest BCUT2D eigenvalue weighted by atomic mass is 9.95. The van der Waals surface area contributed by atoms with Crippen LogP contribution in [0, 0.1) is 0 Å².